The molecule has 2 aromatic heterocycles. The molecule has 0 saturated heterocycles. The predicted octanol–water partition coefficient (Wildman–Crippen LogP) is 1.52. The number of amides is 1. The van der Waals surface area contributed by atoms with Gasteiger partial charge in [-0.3, -0.25) is 18.7 Å². The van der Waals surface area contributed by atoms with Crippen LogP contribution in [0.5, 0.6) is 0 Å². The number of H-pyrrole nitrogens is 2. The Morgan fingerprint density at radius 3 is 1.77 bits per heavy atom. The Morgan fingerprint density at radius 2 is 1.21 bits per heavy atom. The van der Waals surface area contributed by atoms with Crippen molar-refractivity contribution in [2.24, 2.45) is 0 Å². The molecule has 0 aliphatic rings. The van der Waals surface area contributed by atoms with Crippen LogP contribution in [-0.2, 0) is 13.1 Å². The molecule has 39 heavy (non-hydrogen) atoms. The van der Waals surface area contributed by atoms with Crippen LogP contribution < -0.4 is 27.8 Å². The third kappa shape index (κ3) is 6.71. The van der Waals surface area contributed by atoms with Gasteiger partial charge < -0.3 is 25.3 Å². The molecule has 0 atom stereocenters. The molecule has 0 radical (unpaired) electrons. The lowest BCUT2D eigenvalue weighted by Gasteiger charge is -2.19. The molecule has 0 spiro atoms. The molecule has 0 unspecified atom stereocenters. The van der Waals surface area contributed by atoms with Gasteiger partial charge in [0.1, 0.15) is 0 Å². The van der Waals surface area contributed by atoms with E-state index < -0.39 is 23.0 Å². The topological polar surface area (TPSA) is 162 Å². The molecule has 4 rings (SSSR count). The molecule has 0 saturated carbocycles. The number of nitrogens with zero attached hydrogens (tertiary/aromatic N) is 3. The van der Waals surface area contributed by atoms with Gasteiger partial charge in [0.25, 0.3) is 11.1 Å². The van der Waals surface area contributed by atoms with Crippen molar-refractivity contribution in [1.29, 1.82) is 0 Å². The lowest BCUT2D eigenvalue weighted by Crippen LogP contribution is -2.37. The van der Waals surface area contributed by atoms with E-state index in [1.54, 1.807) is 48.5 Å². The molecule has 0 aliphatic carbocycles. The summed E-state index contributed by atoms with van der Waals surface area (Å²) in [5.74, 6) is 0. The number of aromatic nitrogens is 4. The highest BCUT2D eigenvalue weighted by molar-refractivity contribution is 5.77. The number of aromatic amines is 2. The van der Waals surface area contributed by atoms with Gasteiger partial charge in [-0.05, 0) is 63.0 Å². The molecule has 4 N–H and O–H groups in total. The molecule has 4 aromatic rings. The van der Waals surface area contributed by atoms with E-state index in [4.69, 9.17) is 0 Å². The number of benzene rings is 2. The first-order valence-electron chi connectivity index (χ1n) is 13.0. The van der Waals surface area contributed by atoms with Crippen LogP contribution in [0.4, 0.5) is 4.79 Å². The van der Waals surface area contributed by atoms with Crippen molar-refractivity contribution in [2.45, 2.75) is 38.8 Å². The van der Waals surface area contributed by atoms with Crippen LogP contribution >= 0.6 is 0 Å². The molecule has 206 valence electrons. The van der Waals surface area contributed by atoms with Crippen molar-refractivity contribution in [2.75, 3.05) is 26.2 Å². The number of para-hydroxylation sites is 2. The number of carboxylic acid groups (broad SMARTS) is 1. The maximum absolute atomic E-state index is 12.6. The average molecular weight is 537 g/mol. The summed E-state index contributed by atoms with van der Waals surface area (Å²) >= 11 is 0. The van der Waals surface area contributed by atoms with Crippen molar-refractivity contribution in [1.82, 2.24) is 29.3 Å². The van der Waals surface area contributed by atoms with Crippen LogP contribution in [0, 0.1) is 0 Å². The zero-order valence-electron chi connectivity index (χ0n) is 21.5. The van der Waals surface area contributed by atoms with Crippen LogP contribution in [0.15, 0.2) is 67.7 Å². The highest BCUT2D eigenvalue weighted by Crippen LogP contribution is 2.05. The van der Waals surface area contributed by atoms with Crippen LogP contribution in [0.2, 0.25) is 0 Å². The molecular weight excluding hydrogens is 504 g/mol. The Hall–Kier alpha value is -4.45. The second-order valence-electron chi connectivity index (χ2n) is 9.30. The Labute approximate surface area is 222 Å². The van der Waals surface area contributed by atoms with E-state index in [2.05, 4.69) is 15.3 Å². The lowest BCUT2D eigenvalue weighted by atomic mass is 10.2. The van der Waals surface area contributed by atoms with Crippen LogP contribution in [0.3, 0.4) is 0 Å². The van der Waals surface area contributed by atoms with E-state index >= 15 is 0 Å². The van der Waals surface area contributed by atoms with Crippen molar-refractivity contribution in [3.63, 3.8) is 0 Å². The van der Waals surface area contributed by atoms with E-state index in [-0.39, 0.29) is 18.6 Å². The molecule has 0 bridgehead atoms. The average Bonchev–Trinajstić information content (AvgIpc) is 2.92. The third-order valence-electron chi connectivity index (χ3n) is 6.63. The minimum atomic E-state index is -1.05. The summed E-state index contributed by atoms with van der Waals surface area (Å²) in [6.07, 6.45) is 1.26. The molecule has 12 nitrogen and oxygen atoms in total. The second-order valence-corrected chi connectivity index (χ2v) is 9.30. The summed E-state index contributed by atoms with van der Waals surface area (Å²) in [7, 11) is 0. The summed E-state index contributed by atoms with van der Waals surface area (Å²) < 4.78 is 2.31. The van der Waals surface area contributed by atoms with Gasteiger partial charge in [0.05, 0.1) is 21.8 Å². The molecular formula is C27H32N6O6. The van der Waals surface area contributed by atoms with Crippen molar-refractivity contribution in [3.05, 3.63) is 90.2 Å². The van der Waals surface area contributed by atoms with Crippen LogP contribution in [-0.4, -0.2) is 61.4 Å². The summed E-state index contributed by atoms with van der Waals surface area (Å²) in [5, 5.41) is 13.7. The first kappa shape index (κ1) is 27.6. The van der Waals surface area contributed by atoms with Crippen LogP contribution in [0.25, 0.3) is 21.8 Å². The number of unbranched alkanes of at least 4 members (excludes halogenated alkanes) is 1. The van der Waals surface area contributed by atoms with E-state index in [9.17, 15) is 29.1 Å². The van der Waals surface area contributed by atoms with Gasteiger partial charge in [0.15, 0.2) is 0 Å². The minimum absolute atomic E-state index is 0.119. The van der Waals surface area contributed by atoms with Crippen molar-refractivity contribution in [3.8, 4) is 0 Å². The summed E-state index contributed by atoms with van der Waals surface area (Å²) in [5.41, 5.74) is -0.644. The maximum atomic E-state index is 12.6. The molecule has 12 heteroatoms. The Bertz CT molecular complexity index is 1680. The number of nitrogens with one attached hydrogen (secondary N) is 3. The number of rotatable bonds is 13. The quantitative estimate of drug-likeness (QED) is 0.188. The largest absolute Gasteiger partial charge is 0.465 e. The Kier molecular flexibility index (Phi) is 9.10. The van der Waals surface area contributed by atoms with E-state index in [1.807, 2.05) is 0 Å². The van der Waals surface area contributed by atoms with Gasteiger partial charge in [-0.2, -0.15) is 0 Å². The molecule has 1 amide bonds. The van der Waals surface area contributed by atoms with Crippen molar-refractivity contribution < 1.29 is 9.90 Å². The third-order valence-corrected chi connectivity index (χ3v) is 6.63. The summed E-state index contributed by atoms with van der Waals surface area (Å²) in [6, 6.07) is 13.7. The lowest BCUT2D eigenvalue weighted by molar-refractivity contribution is 0.143. The van der Waals surface area contributed by atoms with E-state index in [1.165, 1.54) is 9.47 Å². The second kappa shape index (κ2) is 12.9. The van der Waals surface area contributed by atoms with Gasteiger partial charge in [0.2, 0.25) is 0 Å². The molecule has 2 aromatic carbocycles. The van der Waals surface area contributed by atoms with Crippen LogP contribution in [0.1, 0.15) is 25.7 Å². The Balaban J connectivity index is 1.16. The van der Waals surface area contributed by atoms with Gasteiger partial charge in [0, 0.05) is 26.2 Å². The van der Waals surface area contributed by atoms with E-state index in [0.717, 1.165) is 11.0 Å². The number of carbonyl (C=O) groups is 1. The number of hydrogen-bond acceptors (Lipinski definition) is 6. The molecule has 0 aliphatic heterocycles. The summed E-state index contributed by atoms with van der Waals surface area (Å²) in [4.78, 5) is 68.0. The van der Waals surface area contributed by atoms with Gasteiger partial charge in [-0.15, -0.1) is 0 Å². The predicted molar refractivity (Wildman–Crippen MR) is 149 cm³/mol. The normalized spacial score (nSPS) is 11.3. The monoisotopic (exact) mass is 536 g/mol. The smallest absolute Gasteiger partial charge is 0.407 e. The standard InChI is InChI=1S/C27H32N6O6/c34-23-19-9-1-3-11-21(19)29-25(36)32(23)17-7-14-28-13-5-6-15-31(27(38)39)16-8-18-33-24(35)20-10-2-4-12-22(20)30-26(33)37/h1-4,9-12,28H,5-8,13-18H2,(H,29,36)(H,30,37)(H,38,39). The fraction of sp³-hybridized carbons (Fsp3) is 0.370. The zero-order chi connectivity index (χ0) is 27.8. The first-order valence-corrected chi connectivity index (χ1v) is 13.0. The molecule has 2 heterocycles. The maximum Gasteiger partial charge on any atom is 0.407 e. The number of fused-ring (bicyclic) bond motifs is 2. The van der Waals surface area contributed by atoms with Gasteiger partial charge >= 0.3 is 17.5 Å². The fourth-order valence-electron chi connectivity index (χ4n) is 4.57. The van der Waals surface area contributed by atoms with Crippen molar-refractivity contribution >= 4 is 27.9 Å². The van der Waals surface area contributed by atoms with Gasteiger partial charge in [-0.25, -0.2) is 14.4 Å². The minimum Gasteiger partial charge on any atom is -0.465 e. The highest BCUT2D eigenvalue weighted by atomic mass is 16.4. The summed E-state index contributed by atoms with van der Waals surface area (Å²) in [6.45, 7) is 2.22. The van der Waals surface area contributed by atoms with E-state index in [0.29, 0.717) is 67.2 Å². The SMILES string of the molecule is O=C(O)N(CCCCNCCCn1c(=O)[nH]c2ccccc2c1=O)CCCn1c(=O)[nH]c2ccccc2c1=O. The fourth-order valence-corrected chi connectivity index (χ4v) is 4.57. The van der Waals surface area contributed by atoms with Gasteiger partial charge in [-0.1, -0.05) is 24.3 Å². The highest BCUT2D eigenvalue weighted by Gasteiger charge is 2.13. The Morgan fingerprint density at radius 1 is 0.718 bits per heavy atom. The molecule has 0 fully saturated rings. The zero-order valence-corrected chi connectivity index (χ0v) is 21.5. The first-order chi connectivity index (χ1) is 18.9. The number of hydrogen-bond donors (Lipinski definition) is 4.